The molecule has 6 heteroatoms. The van der Waals surface area contributed by atoms with E-state index in [4.69, 9.17) is 0 Å². The Kier molecular flexibility index (Phi) is 3.77. The molecule has 0 spiro atoms. The summed E-state index contributed by atoms with van der Waals surface area (Å²) in [5.41, 5.74) is 1.62. The number of aliphatic hydroxyl groups is 1. The van der Waals surface area contributed by atoms with Crippen molar-refractivity contribution in [3.8, 4) is 0 Å². The molecule has 0 unspecified atom stereocenters. The molecular weight excluding hydrogens is 252 g/mol. The normalized spacial score (nSPS) is 17.8. The molecular formula is C12H18N2O3S. The quantitative estimate of drug-likeness (QED) is 0.860. The van der Waals surface area contributed by atoms with Crippen LogP contribution in [0.3, 0.4) is 0 Å². The highest BCUT2D eigenvalue weighted by molar-refractivity contribution is 7.92. The molecule has 0 aliphatic carbocycles. The molecule has 0 saturated carbocycles. The highest BCUT2D eigenvalue weighted by Crippen LogP contribution is 2.22. The highest BCUT2D eigenvalue weighted by atomic mass is 32.2. The van der Waals surface area contributed by atoms with Gasteiger partial charge in [-0.1, -0.05) is 0 Å². The van der Waals surface area contributed by atoms with Gasteiger partial charge in [0.25, 0.3) is 0 Å². The van der Waals surface area contributed by atoms with Crippen molar-refractivity contribution in [2.75, 3.05) is 29.0 Å². The zero-order valence-electron chi connectivity index (χ0n) is 10.3. The average molecular weight is 270 g/mol. The molecule has 2 N–H and O–H groups in total. The zero-order valence-corrected chi connectivity index (χ0v) is 11.2. The second-order valence-electron chi connectivity index (χ2n) is 4.64. The van der Waals surface area contributed by atoms with E-state index < -0.39 is 10.0 Å². The standard InChI is InChI=1S/C12H18N2O3S/c1-18(16,17)13-10-2-4-11(5-3-10)14-8-6-12(15)7-9-14/h2-5,12-13,15H,6-9H2,1H3. The van der Waals surface area contributed by atoms with Gasteiger partial charge in [0.2, 0.25) is 10.0 Å². The minimum absolute atomic E-state index is 0.188. The van der Waals surface area contributed by atoms with Gasteiger partial charge in [-0.2, -0.15) is 0 Å². The second kappa shape index (κ2) is 5.16. The molecule has 0 aromatic heterocycles. The predicted octanol–water partition coefficient (Wildman–Crippen LogP) is 1.02. The van der Waals surface area contributed by atoms with E-state index in [1.165, 1.54) is 0 Å². The maximum atomic E-state index is 11.1. The van der Waals surface area contributed by atoms with Crippen LogP contribution >= 0.6 is 0 Å². The summed E-state index contributed by atoms with van der Waals surface area (Å²) < 4.78 is 24.6. The smallest absolute Gasteiger partial charge is 0.229 e. The molecule has 1 aromatic rings. The SMILES string of the molecule is CS(=O)(=O)Nc1ccc(N2CCC(O)CC2)cc1. The number of sulfonamides is 1. The van der Waals surface area contributed by atoms with Gasteiger partial charge in [-0.05, 0) is 37.1 Å². The Morgan fingerprint density at radius 1 is 1.22 bits per heavy atom. The number of anilines is 2. The van der Waals surface area contributed by atoms with Gasteiger partial charge in [0.1, 0.15) is 0 Å². The molecule has 1 aromatic carbocycles. The lowest BCUT2D eigenvalue weighted by atomic mass is 10.1. The number of hydrogen-bond acceptors (Lipinski definition) is 4. The number of aliphatic hydroxyl groups excluding tert-OH is 1. The lowest BCUT2D eigenvalue weighted by Gasteiger charge is -2.31. The average Bonchev–Trinajstić information content (AvgIpc) is 2.29. The molecule has 1 heterocycles. The van der Waals surface area contributed by atoms with Crippen LogP contribution in [-0.2, 0) is 10.0 Å². The van der Waals surface area contributed by atoms with Crippen molar-refractivity contribution >= 4 is 21.4 Å². The van der Waals surface area contributed by atoms with E-state index in [1.54, 1.807) is 12.1 Å². The summed E-state index contributed by atoms with van der Waals surface area (Å²) in [5, 5.41) is 9.44. The number of nitrogens with zero attached hydrogens (tertiary/aromatic N) is 1. The Morgan fingerprint density at radius 2 is 1.78 bits per heavy atom. The molecule has 1 aliphatic rings. The summed E-state index contributed by atoms with van der Waals surface area (Å²) in [4.78, 5) is 2.19. The van der Waals surface area contributed by atoms with Gasteiger partial charge < -0.3 is 10.0 Å². The molecule has 2 rings (SSSR count). The van der Waals surface area contributed by atoms with E-state index in [0.29, 0.717) is 5.69 Å². The van der Waals surface area contributed by atoms with Crippen LogP contribution in [0.15, 0.2) is 24.3 Å². The Morgan fingerprint density at radius 3 is 2.28 bits per heavy atom. The maximum absolute atomic E-state index is 11.1. The third-order valence-corrected chi connectivity index (χ3v) is 3.61. The highest BCUT2D eigenvalue weighted by Gasteiger charge is 2.17. The fraction of sp³-hybridized carbons (Fsp3) is 0.500. The van der Waals surface area contributed by atoms with Crippen molar-refractivity contribution in [1.82, 2.24) is 0 Å². The van der Waals surface area contributed by atoms with E-state index in [9.17, 15) is 13.5 Å². The van der Waals surface area contributed by atoms with Gasteiger partial charge in [-0.25, -0.2) is 8.42 Å². The summed E-state index contributed by atoms with van der Waals surface area (Å²) in [5.74, 6) is 0. The topological polar surface area (TPSA) is 69.6 Å². The van der Waals surface area contributed by atoms with Crippen molar-refractivity contribution in [1.29, 1.82) is 0 Å². The lowest BCUT2D eigenvalue weighted by molar-refractivity contribution is 0.145. The van der Waals surface area contributed by atoms with E-state index in [-0.39, 0.29) is 6.10 Å². The predicted molar refractivity (Wildman–Crippen MR) is 72.4 cm³/mol. The summed E-state index contributed by atoms with van der Waals surface area (Å²) in [6, 6.07) is 7.29. The Labute approximate surface area is 107 Å². The Hall–Kier alpha value is -1.27. The van der Waals surface area contributed by atoms with Crippen LogP contribution in [0.5, 0.6) is 0 Å². The van der Waals surface area contributed by atoms with E-state index in [0.717, 1.165) is 37.9 Å². The molecule has 1 saturated heterocycles. The number of nitrogens with one attached hydrogen (secondary N) is 1. The Bertz CT molecular complexity index is 491. The van der Waals surface area contributed by atoms with Crippen LogP contribution in [0.25, 0.3) is 0 Å². The molecule has 0 radical (unpaired) electrons. The van der Waals surface area contributed by atoms with E-state index in [2.05, 4.69) is 9.62 Å². The fourth-order valence-electron chi connectivity index (χ4n) is 2.08. The third-order valence-electron chi connectivity index (χ3n) is 3.00. The van der Waals surface area contributed by atoms with Crippen molar-refractivity contribution in [3.05, 3.63) is 24.3 Å². The summed E-state index contributed by atoms with van der Waals surface area (Å²) in [6.45, 7) is 1.67. The second-order valence-corrected chi connectivity index (χ2v) is 6.39. The number of benzene rings is 1. The molecule has 1 aliphatic heterocycles. The minimum atomic E-state index is -3.22. The van der Waals surface area contributed by atoms with Gasteiger partial charge in [0.05, 0.1) is 12.4 Å². The minimum Gasteiger partial charge on any atom is -0.393 e. The molecule has 1 fully saturated rings. The molecule has 5 nitrogen and oxygen atoms in total. The molecule has 0 bridgehead atoms. The van der Waals surface area contributed by atoms with Gasteiger partial charge in [-0.15, -0.1) is 0 Å². The Balaban J connectivity index is 2.03. The van der Waals surface area contributed by atoms with Gasteiger partial charge in [0, 0.05) is 24.5 Å². The summed E-state index contributed by atoms with van der Waals surface area (Å²) in [7, 11) is -3.22. The first-order valence-corrected chi connectivity index (χ1v) is 7.84. The molecule has 100 valence electrons. The van der Waals surface area contributed by atoms with Crippen molar-refractivity contribution in [2.45, 2.75) is 18.9 Å². The first kappa shape index (κ1) is 13.2. The van der Waals surface area contributed by atoms with Crippen LogP contribution in [0.4, 0.5) is 11.4 Å². The van der Waals surface area contributed by atoms with E-state index >= 15 is 0 Å². The lowest BCUT2D eigenvalue weighted by Crippen LogP contribution is -2.35. The first-order valence-electron chi connectivity index (χ1n) is 5.95. The summed E-state index contributed by atoms with van der Waals surface area (Å²) in [6.07, 6.45) is 2.51. The van der Waals surface area contributed by atoms with Gasteiger partial charge in [-0.3, -0.25) is 4.72 Å². The third kappa shape index (κ3) is 3.61. The number of rotatable bonds is 3. The molecule has 18 heavy (non-hydrogen) atoms. The van der Waals surface area contributed by atoms with E-state index in [1.807, 2.05) is 12.1 Å². The van der Waals surface area contributed by atoms with Gasteiger partial charge in [0.15, 0.2) is 0 Å². The largest absolute Gasteiger partial charge is 0.393 e. The van der Waals surface area contributed by atoms with Crippen LogP contribution in [-0.4, -0.2) is 39.0 Å². The monoisotopic (exact) mass is 270 g/mol. The van der Waals surface area contributed by atoms with Crippen LogP contribution < -0.4 is 9.62 Å². The maximum Gasteiger partial charge on any atom is 0.229 e. The fourth-order valence-corrected chi connectivity index (χ4v) is 2.64. The molecule has 0 atom stereocenters. The van der Waals surface area contributed by atoms with Crippen molar-refractivity contribution in [2.24, 2.45) is 0 Å². The van der Waals surface area contributed by atoms with Crippen molar-refractivity contribution < 1.29 is 13.5 Å². The molecule has 0 amide bonds. The van der Waals surface area contributed by atoms with Crippen LogP contribution in [0, 0.1) is 0 Å². The van der Waals surface area contributed by atoms with Crippen LogP contribution in [0.2, 0.25) is 0 Å². The first-order chi connectivity index (χ1) is 8.44. The number of piperidine rings is 1. The van der Waals surface area contributed by atoms with Crippen LogP contribution in [0.1, 0.15) is 12.8 Å². The zero-order chi connectivity index (χ0) is 13.2. The number of hydrogen-bond donors (Lipinski definition) is 2. The summed E-state index contributed by atoms with van der Waals surface area (Å²) >= 11 is 0. The van der Waals surface area contributed by atoms with Gasteiger partial charge >= 0.3 is 0 Å². The van der Waals surface area contributed by atoms with Crippen molar-refractivity contribution in [3.63, 3.8) is 0 Å².